The first-order chi connectivity index (χ1) is 6.08. The molecule has 0 aliphatic carbocycles. The minimum Gasteiger partial charge on any atom is -0.315 e. The molecule has 0 spiro atoms. The van der Waals surface area contributed by atoms with Crippen LogP contribution in [0.3, 0.4) is 0 Å². The van der Waals surface area contributed by atoms with Crippen molar-refractivity contribution < 1.29 is 8.42 Å². The van der Waals surface area contributed by atoms with Crippen LogP contribution in [0.15, 0.2) is 0 Å². The van der Waals surface area contributed by atoms with E-state index in [0.29, 0.717) is 13.1 Å². The first-order valence-electron chi connectivity index (χ1n) is 4.60. The summed E-state index contributed by atoms with van der Waals surface area (Å²) in [4.78, 5) is 0. The van der Waals surface area contributed by atoms with Gasteiger partial charge in [-0.1, -0.05) is 6.92 Å². The average Bonchev–Trinajstić information content (AvgIpc) is 2.48. The van der Waals surface area contributed by atoms with E-state index in [1.165, 1.54) is 4.31 Å². The Labute approximate surface area is 79.5 Å². The Bertz CT molecular complexity index is 252. The lowest BCUT2D eigenvalue weighted by molar-refractivity contribution is 0.388. The number of nitrogens with one attached hydrogen (secondary N) is 1. The standard InChI is InChI=1S/C7H17N3O2S/c1-2-5-9-13(11,12)10-6-3-4-7(10)8/h7,9H,2-6,8H2,1H3. The Morgan fingerprint density at radius 1 is 1.62 bits per heavy atom. The molecule has 0 aromatic carbocycles. The van der Waals surface area contributed by atoms with Crippen molar-refractivity contribution in [3.63, 3.8) is 0 Å². The fraction of sp³-hybridized carbons (Fsp3) is 1.00. The maximum Gasteiger partial charge on any atom is 0.280 e. The van der Waals surface area contributed by atoms with E-state index in [9.17, 15) is 8.42 Å². The molecule has 0 bridgehead atoms. The number of nitrogens with zero attached hydrogens (tertiary/aromatic N) is 1. The van der Waals surface area contributed by atoms with Crippen molar-refractivity contribution in [1.82, 2.24) is 9.03 Å². The summed E-state index contributed by atoms with van der Waals surface area (Å²) in [6, 6.07) is 0. The zero-order valence-corrected chi connectivity index (χ0v) is 8.68. The summed E-state index contributed by atoms with van der Waals surface area (Å²) in [5.41, 5.74) is 5.64. The van der Waals surface area contributed by atoms with Gasteiger partial charge in [-0.2, -0.15) is 12.7 Å². The van der Waals surface area contributed by atoms with Crippen molar-refractivity contribution in [3.8, 4) is 0 Å². The van der Waals surface area contributed by atoms with Crippen molar-refractivity contribution in [2.45, 2.75) is 32.4 Å². The second-order valence-corrected chi connectivity index (χ2v) is 4.93. The third-order valence-corrected chi connectivity index (χ3v) is 3.73. The van der Waals surface area contributed by atoms with E-state index in [0.717, 1.165) is 19.3 Å². The molecule has 5 nitrogen and oxygen atoms in total. The Hall–Kier alpha value is -0.170. The van der Waals surface area contributed by atoms with Gasteiger partial charge >= 0.3 is 0 Å². The Balaban J connectivity index is 2.58. The molecule has 0 radical (unpaired) electrons. The monoisotopic (exact) mass is 207 g/mol. The summed E-state index contributed by atoms with van der Waals surface area (Å²) >= 11 is 0. The van der Waals surface area contributed by atoms with Gasteiger partial charge in [0.2, 0.25) is 0 Å². The molecule has 0 aromatic heterocycles. The average molecular weight is 207 g/mol. The van der Waals surface area contributed by atoms with Gasteiger partial charge in [0.05, 0.1) is 6.17 Å². The van der Waals surface area contributed by atoms with Crippen molar-refractivity contribution >= 4 is 10.2 Å². The Morgan fingerprint density at radius 2 is 2.31 bits per heavy atom. The summed E-state index contributed by atoms with van der Waals surface area (Å²) in [5.74, 6) is 0. The van der Waals surface area contributed by atoms with Gasteiger partial charge < -0.3 is 5.73 Å². The Morgan fingerprint density at radius 3 is 2.77 bits per heavy atom. The summed E-state index contributed by atoms with van der Waals surface area (Å²) < 4.78 is 26.9. The largest absolute Gasteiger partial charge is 0.315 e. The fourth-order valence-electron chi connectivity index (χ4n) is 1.38. The predicted octanol–water partition coefficient (Wildman–Crippen LogP) is -0.389. The predicted molar refractivity (Wildman–Crippen MR) is 51.1 cm³/mol. The van der Waals surface area contributed by atoms with Gasteiger partial charge in [-0.05, 0) is 19.3 Å². The lowest BCUT2D eigenvalue weighted by atomic mass is 10.3. The molecule has 1 fully saturated rings. The molecule has 1 aliphatic heterocycles. The lowest BCUT2D eigenvalue weighted by Crippen LogP contribution is -2.47. The molecule has 1 unspecified atom stereocenters. The zero-order chi connectivity index (χ0) is 9.90. The van der Waals surface area contributed by atoms with Crippen LogP contribution in [0.2, 0.25) is 0 Å². The van der Waals surface area contributed by atoms with Crippen LogP contribution in [0.5, 0.6) is 0 Å². The molecule has 3 N–H and O–H groups in total. The molecule has 13 heavy (non-hydrogen) atoms. The first kappa shape index (κ1) is 10.9. The normalized spacial score (nSPS) is 25.2. The number of hydrogen-bond donors (Lipinski definition) is 2. The zero-order valence-electron chi connectivity index (χ0n) is 7.86. The second kappa shape index (κ2) is 4.36. The van der Waals surface area contributed by atoms with E-state index in [4.69, 9.17) is 5.73 Å². The van der Waals surface area contributed by atoms with E-state index in [-0.39, 0.29) is 6.17 Å². The first-order valence-corrected chi connectivity index (χ1v) is 6.04. The van der Waals surface area contributed by atoms with Crippen molar-refractivity contribution in [1.29, 1.82) is 0 Å². The number of rotatable bonds is 4. The van der Waals surface area contributed by atoms with Crippen molar-refractivity contribution in [3.05, 3.63) is 0 Å². The quantitative estimate of drug-likeness (QED) is 0.659. The Kier molecular flexibility index (Phi) is 3.66. The molecule has 1 aliphatic rings. The highest BCUT2D eigenvalue weighted by Crippen LogP contribution is 2.15. The molecule has 1 heterocycles. The molecule has 78 valence electrons. The smallest absolute Gasteiger partial charge is 0.280 e. The molecule has 1 atom stereocenters. The van der Waals surface area contributed by atoms with Crippen LogP contribution < -0.4 is 10.5 Å². The van der Waals surface area contributed by atoms with E-state index >= 15 is 0 Å². The van der Waals surface area contributed by atoms with Crippen LogP contribution >= 0.6 is 0 Å². The van der Waals surface area contributed by atoms with Crippen LogP contribution in [0.1, 0.15) is 26.2 Å². The topological polar surface area (TPSA) is 75.4 Å². The van der Waals surface area contributed by atoms with Gasteiger partial charge in [0, 0.05) is 13.1 Å². The SMILES string of the molecule is CCCNS(=O)(=O)N1CCCC1N. The molecular formula is C7H17N3O2S. The summed E-state index contributed by atoms with van der Waals surface area (Å²) in [7, 11) is -3.31. The molecule has 1 saturated heterocycles. The molecule has 0 aromatic rings. The van der Waals surface area contributed by atoms with Crippen LogP contribution in [-0.4, -0.2) is 32.0 Å². The van der Waals surface area contributed by atoms with Gasteiger partial charge in [0.15, 0.2) is 0 Å². The summed E-state index contributed by atoms with van der Waals surface area (Å²) in [6.45, 7) is 2.94. The van der Waals surface area contributed by atoms with E-state index in [1.54, 1.807) is 0 Å². The van der Waals surface area contributed by atoms with Crippen LogP contribution in [0.25, 0.3) is 0 Å². The van der Waals surface area contributed by atoms with Gasteiger partial charge in [0.25, 0.3) is 10.2 Å². The second-order valence-electron chi connectivity index (χ2n) is 3.22. The maximum atomic E-state index is 11.5. The van der Waals surface area contributed by atoms with Crippen LogP contribution in [0.4, 0.5) is 0 Å². The van der Waals surface area contributed by atoms with Crippen molar-refractivity contribution in [2.24, 2.45) is 5.73 Å². The van der Waals surface area contributed by atoms with Crippen molar-refractivity contribution in [2.75, 3.05) is 13.1 Å². The number of hydrogen-bond acceptors (Lipinski definition) is 3. The van der Waals surface area contributed by atoms with E-state index < -0.39 is 10.2 Å². The molecule has 0 saturated carbocycles. The summed E-state index contributed by atoms with van der Waals surface area (Å²) in [5, 5.41) is 0. The molecule has 1 rings (SSSR count). The highest BCUT2D eigenvalue weighted by Gasteiger charge is 2.30. The maximum absolute atomic E-state index is 11.5. The van der Waals surface area contributed by atoms with Crippen LogP contribution in [0, 0.1) is 0 Å². The fourth-order valence-corrected chi connectivity index (χ4v) is 2.84. The third kappa shape index (κ3) is 2.63. The number of nitrogens with two attached hydrogens (primary N) is 1. The molecular weight excluding hydrogens is 190 g/mol. The van der Waals surface area contributed by atoms with Gasteiger partial charge in [0.1, 0.15) is 0 Å². The third-order valence-electron chi connectivity index (χ3n) is 2.09. The molecule has 6 heteroatoms. The highest BCUT2D eigenvalue weighted by molar-refractivity contribution is 7.87. The molecule has 0 amide bonds. The van der Waals surface area contributed by atoms with E-state index in [2.05, 4.69) is 4.72 Å². The minimum atomic E-state index is -3.31. The lowest BCUT2D eigenvalue weighted by Gasteiger charge is -2.20. The van der Waals surface area contributed by atoms with Crippen LogP contribution in [-0.2, 0) is 10.2 Å². The van der Waals surface area contributed by atoms with Gasteiger partial charge in [-0.15, -0.1) is 0 Å². The van der Waals surface area contributed by atoms with Gasteiger partial charge in [-0.3, -0.25) is 0 Å². The van der Waals surface area contributed by atoms with E-state index in [1.807, 2.05) is 6.92 Å². The van der Waals surface area contributed by atoms with Gasteiger partial charge in [-0.25, -0.2) is 4.72 Å². The minimum absolute atomic E-state index is 0.339. The summed E-state index contributed by atoms with van der Waals surface area (Å²) in [6.07, 6.45) is 2.07. The highest BCUT2D eigenvalue weighted by atomic mass is 32.2.